The van der Waals surface area contributed by atoms with Crippen LogP contribution >= 0.6 is 11.3 Å². The highest BCUT2D eigenvalue weighted by molar-refractivity contribution is 7.13. The van der Waals surface area contributed by atoms with Gasteiger partial charge in [0.2, 0.25) is 0 Å². The number of ketones is 1. The lowest BCUT2D eigenvalue weighted by molar-refractivity contribution is 0.0702. The standard InChI is InChI=1S/C14H12O4S/c1-9(15)10-2-4-11(5-3-10)18-8-12-6-7-13(19-12)14(16)17/h2-7H,8H2,1H3,(H,16,17). The van der Waals surface area contributed by atoms with Crippen LogP contribution in [0.15, 0.2) is 36.4 Å². The molecular formula is C14H12O4S. The Morgan fingerprint density at radius 3 is 2.37 bits per heavy atom. The number of hydrogen-bond acceptors (Lipinski definition) is 4. The number of aromatic carboxylic acids is 1. The van der Waals surface area contributed by atoms with Gasteiger partial charge in [-0.25, -0.2) is 4.79 Å². The molecule has 2 aromatic rings. The van der Waals surface area contributed by atoms with E-state index in [4.69, 9.17) is 9.84 Å². The largest absolute Gasteiger partial charge is 0.488 e. The minimum absolute atomic E-state index is 0.0101. The van der Waals surface area contributed by atoms with Gasteiger partial charge in [-0.1, -0.05) is 0 Å². The number of carbonyl (C=O) groups excluding carboxylic acids is 1. The lowest BCUT2D eigenvalue weighted by Gasteiger charge is -2.04. The van der Waals surface area contributed by atoms with Crippen LogP contribution in [0.3, 0.4) is 0 Å². The molecule has 0 radical (unpaired) electrons. The molecule has 0 saturated carbocycles. The van der Waals surface area contributed by atoms with Gasteiger partial charge in [0.1, 0.15) is 17.2 Å². The van der Waals surface area contributed by atoms with E-state index >= 15 is 0 Å². The third-order valence-electron chi connectivity index (χ3n) is 2.51. The van der Waals surface area contributed by atoms with Gasteiger partial charge in [-0.2, -0.15) is 0 Å². The Morgan fingerprint density at radius 1 is 1.16 bits per heavy atom. The summed E-state index contributed by atoms with van der Waals surface area (Å²) in [4.78, 5) is 23.0. The monoisotopic (exact) mass is 276 g/mol. The highest BCUT2D eigenvalue weighted by atomic mass is 32.1. The Morgan fingerprint density at radius 2 is 1.84 bits per heavy atom. The smallest absolute Gasteiger partial charge is 0.345 e. The molecule has 0 bridgehead atoms. The van der Waals surface area contributed by atoms with E-state index in [1.807, 2.05) is 0 Å². The fourth-order valence-electron chi connectivity index (χ4n) is 1.51. The number of carbonyl (C=O) groups is 2. The molecule has 1 N–H and O–H groups in total. The van der Waals surface area contributed by atoms with Gasteiger partial charge in [0, 0.05) is 10.4 Å². The lowest BCUT2D eigenvalue weighted by atomic mass is 10.1. The van der Waals surface area contributed by atoms with Gasteiger partial charge >= 0.3 is 5.97 Å². The summed E-state index contributed by atoms with van der Waals surface area (Å²) in [5.74, 6) is -0.270. The zero-order valence-corrected chi connectivity index (χ0v) is 11.1. The molecule has 0 aliphatic heterocycles. The summed E-state index contributed by atoms with van der Waals surface area (Å²) in [5.41, 5.74) is 0.636. The highest BCUT2D eigenvalue weighted by Crippen LogP contribution is 2.19. The van der Waals surface area contributed by atoms with Crippen LogP contribution in [0.5, 0.6) is 5.75 Å². The van der Waals surface area contributed by atoms with Crippen molar-refractivity contribution in [2.45, 2.75) is 13.5 Å². The number of carboxylic acid groups (broad SMARTS) is 1. The van der Waals surface area contributed by atoms with Crippen LogP contribution < -0.4 is 4.74 Å². The number of thiophene rings is 1. The quantitative estimate of drug-likeness (QED) is 0.852. The number of Topliss-reactive ketones (excluding diaryl/α,β-unsaturated/α-hetero) is 1. The van der Waals surface area contributed by atoms with Gasteiger partial charge in [0.15, 0.2) is 5.78 Å². The van der Waals surface area contributed by atoms with Gasteiger partial charge in [-0.05, 0) is 43.3 Å². The summed E-state index contributed by atoms with van der Waals surface area (Å²) in [6, 6.07) is 10.1. The van der Waals surface area contributed by atoms with E-state index in [0.717, 1.165) is 4.88 Å². The second kappa shape index (κ2) is 5.67. The Kier molecular flexibility index (Phi) is 3.97. The predicted molar refractivity (Wildman–Crippen MR) is 72.1 cm³/mol. The molecule has 1 heterocycles. The van der Waals surface area contributed by atoms with Crippen LogP contribution in [0, 0.1) is 0 Å². The number of rotatable bonds is 5. The number of ether oxygens (including phenoxy) is 1. The summed E-state index contributed by atoms with van der Waals surface area (Å²) < 4.78 is 5.53. The highest BCUT2D eigenvalue weighted by Gasteiger charge is 2.07. The van der Waals surface area contributed by atoms with Crippen molar-refractivity contribution in [3.63, 3.8) is 0 Å². The second-order valence-electron chi connectivity index (χ2n) is 3.94. The maximum atomic E-state index is 11.1. The molecule has 1 aromatic heterocycles. The summed E-state index contributed by atoms with van der Waals surface area (Å²) in [5, 5.41) is 8.80. The maximum Gasteiger partial charge on any atom is 0.345 e. The first-order valence-corrected chi connectivity index (χ1v) is 6.44. The Balaban J connectivity index is 1.97. The minimum Gasteiger partial charge on any atom is -0.488 e. The molecule has 19 heavy (non-hydrogen) atoms. The first-order valence-electron chi connectivity index (χ1n) is 5.62. The van der Waals surface area contributed by atoms with Gasteiger partial charge in [-0.3, -0.25) is 4.79 Å². The van der Waals surface area contributed by atoms with Crippen molar-refractivity contribution in [1.82, 2.24) is 0 Å². The average Bonchev–Trinajstić information content (AvgIpc) is 2.86. The third-order valence-corrected chi connectivity index (χ3v) is 3.56. The summed E-state index contributed by atoms with van der Waals surface area (Å²) in [6.45, 7) is 1.83. The van der Waals surface area contributed by atoms with Gasteiger partial charge in [0.25, 0.3) is 0 Å². The first kappa shape index (κ1) is 13.3. The van der Waals surface area contributed by atoms with Crippen LogP contribution in [0.25, 0.3) is 0 Å². The van der Waals surface area contributed by atoms with Crippen molar-refractivity contribution in [3.05, 3.63) is 51.7 Å². The molecule has 1 aromatic carbocycles. The summed E-state index contributed by atoms with van der Waals surface area (Å²) in [6.07, 6.45) is 0. The van der Waals surface area contributed by atoms with E-state index in [-0.39, 0.29) is 5.78 Å². The van der Waals surface area contributed by atoms with Crippen LogP contribution in [-0.2, 0) is 6.61 Å². The third kappa shape index (κ3) is 3.42. The average molecular weight is 276 g/mol. The van der Waals surface area contributed by atoms with E-state index in [1.165, 1.54) is 18.3 Å². The molecule has 4 nitrogen and oxygen atoms in total. The van der Waals surface area contributed by atoms with Crippen LogP contribution in [-0.4, -0.2) is 16.9 Å². The van der Waals surface area contributed by atoms with Crippen molar-refractivity contribution >= 4 is 23.1 Å². The maximum absolute atomic E-state index is 11.1. The number of carboxylic acids is 1. The van der Waals surface area contributed by atoms with Crippen LogP contribution in [0.2, 0.25) is 0 Å². The van der Waals surface area contributed by atoms with E-state index in [9.17, 15) is 9.59 Å². The number of hydrogen-bond donors (Lipinski definition) is 1. The molecule has 5 heteroatoms. The summed E-state index contributed by atoms with van der Waals surface area (Å²) >= 11 is 1.19. The van der Waals surface area contributed by atoms with E-state index in [0.29, 0.717) is 22.8 Å². The topological polar surface area (TPSA) is 63.6 Å². The van der Waals surface area contributed by atoms with E-state index in [2.05, 4.69) is 0 Å². The SMILES string of the molecule is CC(=O)c1ccc(OCc2ccc(C(=O)O)s2)cc1. The zero-order valence-electron chi connectivity index (χ0n) is 10.3. The van der Waals surface area contributed by atoms with E-state index in [1.54, 1.807) is 36.4 Å². The molecular weight excluding hydrogens is 264 g/mol. The molecule has 0 saturated heterocycles. The normalized spacial score (nSPS) is 10.2. The summed E-state index contributed by atoms with van der Waals surface area (Å²) in [7, 11) is 0. The van der Waals surface area contributed by atoms with Crippen molar-refractivity contribution < 1.29 is 19.4 Å². The van der Waals surface area contributed by atoms with Gasteiger partial charge in [-0.15, -0.1) is 11.3 Å². The molecule has 2 rings (SSSR count). The first-order chi connectivity index (χ1) is 9.06. The molecule has 0 spiro atoms. The Hall–Kier alpha value is -2.14. The second-order valence-corrected chi connectivity index (χ2v) is 5.11. The van der Waals surface area contributed by atoms with E-state index < -0.39 is 5.97 Å². The van der Waals surface area contributed by atoms with Gasteiger partial charge < -0.3 is 9.84 Å². The van der Waals surface area contributed by atoms with Crippen LogP contribution in [0.1, 0.15) is 31.8 Å². The molecule has 0 amide bonds. The molecule has 0 fully saturated rings. The number of benzene rings is 1. The predicted octanol–water partition coefficient (Wildman–Crippen LogP) is 3.23. The molecule has 0 atom stereocenters. The van der Waals surface area contributed by atoms with Crippen molar-refractivity contribution in [3.8, 4) is 5.75 Å². The molecule has 98 valence electrons. The fraction of sp³-hybridized carbons (Fsp3) is 0.143. The molecule has 0 aliphatic rings. The zero-order chi connectivity index (χ0) is 13.8. The fourth-order valence-corrected chi connectivity index (χ4v) is 2.27. The minimum atomic E-state index is -0.929. The van der Waals surface area contributed by atoms with Crippen molar-refractivity contribution in [2.75, 3.05) is 0 Å². The molecule has 0 aliphatic carbocycles. The lowest BCUT2D eigenvalue weighted by Crippen LogP contribution is -1.95. The Labute approximate surface area is 114 Å². The van der Waals surface area contributed by atoms with Crippen LogP contribution in [0.4, 0.5) is 0 Å². The van der Waals surface area contributed by atoms with Crippen molar-refractivity contribution in [2.24, 2.45) is 0 Å². The van der Waals surface area contributed by atoms with Crippen molar-refractivity contribution in [1.29, 1.82) is 0 Å². The molecule has 0 unspecified atom stereocenters. The van der Waals surface area contributed by atoms with Gasteiger partial charge in [0.05, 0.1) is 0 Å². The Bertz CT molecular complexity index is 598.